The standard InChI is InChI=1S/C9H12N2O3/c1-7(12)13-4-5-14-9-3-2-8(10)6-11-9/h2-3,6H,4-5,10H2,1H3. The number of pyridine rings is 1. The molecule has 0 unspecified atom stereocenters. The van der Waals surface area contributed by atoms with Crippen molar-refractivity contribution < 1.29 is 14.3 Å². The molecule has 14 heavy (non-hydrogen) atoms. The van der Waals surface area contributed by atoms with Gasteiger partial charge in [0.05, 0.1) is 11.9 Å². The molecule has 0 aliphatic heterocycles. The molecule has 0 saturated heterocycles. The van der Waals surface area contributed by atoms with Crippen molar-refractivity contribution in [2.45, 2.75) is 6.92 Å². The zero-order chi connectivity index (χ0) is 10.4. The molecule has 0 fully saturated rings. The fourth-order valence-electron chi connectivity index (χ4n) is 0.809. The van der Waals surface area contributed by atoms with Gasteiger partial charge in [-0.25, -0.2) is 4.98 Å². The fourth-order valence-corrected chi connectivity index (χ4v) is 0.809. The second-order valence-corrected chi connectivity index (χ2v) is 2.62. The van der Waals surface area contributed by atoms with Crippen molar-refractivity contribution in [3.8, 4) is 5.88 Å². The lowest BCUT2D eigenvalue weighted by Gasteiger charge is -2.04. The molecule has 0 bridgehead atoms. The van der Waals surface area contributed by atoms with Crippen LogP contribution in [-0.2, 0) is 9.53 Å². The van der Waals surface area contributed by atoms with Crippen molar-refractivity contribution in [1.82, 2.24) is 4.98 Å². The number of carbonyl (C=O) groups is 1. The number of aromatic nitrogens is 1. The lowest BCUT2D eigenvalue weighted by atomic mass is 10.4. The summed E-state index contributed by atoms with van der Waals surface area (Å²) in [5.74, 6) is 0.144. The average molecular weight is 196 g/mol. The predicted octanol–water partition coefficient (Wildman–Crippen LogP) is 0.606. The van der Waals surface area contributed by atoms with Gasteiger partial charge in [-0.1, -0.05) is 0 Å². The van der Waals surface area contributed by atoms with E-state index >= 15 is 0 Å². The molecular weight excluding hydrogens is 184 g/mol. The molecule has 0 atom stereocenters. The predicted molar refractivity (Wildman–Crippen MR) is 50.8 cm³/mol. The highest BCUT2D eigenvalue weighted by Crippen LogP contribution is 2.07. The lowest BCUT2D eigenvalue weighted by Crippen LogP contribution is -2.10. The third kappa shape index (κ3) is 3.75. The number of rotatable bonds is 4. The van der Waals surface area contributed by atoms with Crippen LogP contribution < -0.4 is 10.5 Å². The topological polar surface area (TPSA) is 74.4 Å². The van der Waals surface area contributed by atoms with Crippen LogP contribution in [0.3, 0.4) is 0 Å². The first-order valence-electron chi connectivity index (χ1n) is 4.16. The molecule has 5 heteroatoms. The second-order valence-electron chi connectivity index (χ2n) is 2.62. The van der Waals surface area contributed by atoms with E-state index in [0.29, 0.717) is 11.6 Å². The van der Waals surface area contributed by atoms with E-state index in [0.717, 1.165) is 0 Å². The van der Waals surface area contributed by atoms with Crippen molar-refractivity contribution in [3.63, 3.8) is 0 Å². The Morgan fingerprint density at radius 2 is 2.29 bits per heavy atom. The van der Waals surface area contributed by atoms with Crippen LogP contribution in [0.5, 0.6) is 5.88 Å². The number of hydrogen-bond donors (Lipinski definition) is 1. The molecule has 0 aromatic carbocycles. The minimum Gasteiger partial charge on any atom is -0.474 e. The van der Waals surface area contributed by atoms with Gasteiger partial charge in [-0.15, -0.1) is 0 Å². The normalized spacial score (nSPS) is 9.50. The molecule has 1 aromatic rings. The van der Waals surface area contributed by atoms with Gasteiger partial charge < -0.3 is 15.2 Å². The highest BCUT2D eigenvalue weighted by molar-refractivity contribution is 5.65. The molecule has 1 heterocycles. The van der Waals surface area contributed by atoms with Crippen LogP contribution >= 0.6 is 0 Å². The monoisotopic (exact) mass is 196 g/mol. The summed E-state index contributed by atoms with van der Waals surface area (Å²) in [7, 11) is 0. The van der Waals surface area contributed by atoms with E-state index < -0.39 is 0 Å². The van der Waals surface area contributed by atoms with E-state index in [-0.39, 0.29) is 19.2 Å². The maximum Gasteiger partial charge on any atom is 0.302 e. The van der Waals surface area contributed by atoms with Crippen molar-refractivity contribution in [3.05, 3.63) is 18.3 Å². The van der Waals surface area contributed by atoms with Gasteiger partial charge in [0.1, 0.15) is 13.2 Å². The summed E-state index contributed by atoms with van der Waals surface area (Å²) in [5, 5.41) is 0. The first-order valence-corrected chi connectivity index (χ1v) is 4.16. The Bertz CT molecular complexity index is 297. The highest BCUT2D eigenvalue weighted by atomic mass is 16.6. The molecule has 0 amide bonds. The summed E-state index contributed by atoms with van der Waals surface area (Å²) in [4.78, 5) is 14.3. The number of nitrogens with two attached hydrogens (primary N) is 1. The Morgan fingerprint density at radius 1 is 1.50 bits per heavy atom. The van der Waals surface area contributed by atoms with Gasteiger partial charge in [0.25, 0.3) is 0 Å². The first kappa shape index (κ1) is 10.3. The van der Waals surface area contributed by atoms with Crippen molar-refractivity contribution in [1.29, 1.82) is 0 Å². The van der Waals surface area contributed by atoms with Gasteiger partial charge >= 0.3 is 5.97 Å². The lowest BCUT2D eigenvalue weighted by molar-refractivity contribution is -0.141. The van der Waals surface area contributed by atoms with Crippen molar-refractivity contribution in [2.24, 2.45) is 0 Å². The first-order chi connectivity index (χ1) is 6.68. The number of hydrogen-bond acceptors (Lipinski definition) is 5. The van der Waals surface area contributed by atoms with E-state index in [2.05, 4.69) is 9.72 Å². The molecule has 0 radical (unpaired) electrons. The molecule has 0 saturated carbocycles. The summed E-state index contributed by atoms with van der Waals surface area (Å²) in [6.07, 6.45) is 1.50. The summed E-state index contributed by atoms with van der Waals surface area (Å²) in [6, 6.07) is 3.34. The average Bonchev–Trinajstić information content (AvgIpc) is 2.15. The number of anilines is 1. The van der Waals surface area contributed by atoms with Crippen LogP contribution in [0.25, 0.3) is 0 Å². The second kappa shape index (κ2) is 5.06. The van der Waals surface area contributed by atoms with Gasteiger partial charge in [0, 0.05) is 13.0 Å². The minimum atomic E-state index is -0.320. The van der Waals surface area contributed by atoms with Gasteiger partial charge in [0.2, 0.25) is 5.88 Å². The molecular formula is C9H12N2O3. The van der Waals surface area contributed by atoms with Crippen LogP contribution in [0.1, 0.15) is 6.92 Å². The Balaban J connectivity index is 2.25. The third-order valence-corrected chi connectivity index (χ3v) is 1.40. The van der Waals surface area contributed by atoms with Crippen LogP contribution in [0.2, 0.25) is 0 Å². The molecule has 0 spiro atoms. The Morgan fingerprint density at radius 3 is 2.86 bits per heavy atom. The van der Waals surface area contributed by atoms with Gasteiger partial charge in [0.15, 0.2) is 0 Å². The largest absolute Gasteiger partial charge is 0.474 e. The molecule has 5 nitrogen and oxygen atoms in total. The highest BCUT2D eigenvalue weighted by Gasteiger charge is 1.96. The minimum absolute atomic E-state index is 0.224. The van der Waals surface area contributed by atoms with Crippen molar-refractivity contribution >= 4 is 11.7 Å². The van der Waals surface area contributed by atoms with Crippen molar-refractivity contribution in [2.75, 3.05) is 18.9 Å². The van der Waals surface area contributed by atoms with Crippen LogP contribution in [-0.4, -0.2) is 24.2 Å². The Kier molecular flexibility index (Phi) is 3.72. The van der Waals surface area contributed by atoms with Gasteiger partial charge in [-0.2, -0.15) is 0 Å². The molecule has 1 rings (SSSR count). The Hall–Kier alpha value is -1.78. The summed E-state index contributed by atoms with van der Waals surface area (Å²) >= 11 is 0. The molecule has 0 aliphatic carbocycles. The summed E-state index contributed by atoms with van der Waals surface area (Å²) in [5.41, 5.74) is 6.01. The van der Waals surface area contributed by atoms with E-state index in [4.69, 9.17) is 10.5 Å². The van der Waals surface area contributed by atoms with Crippen LogP contribution in [0.15, 0.2) is 18.3 Å². The zero-order valence-electron chi connectivity index (χ0n) is 7.90. The number of ether oxygens (including phenoxy) is 2. The smallest absolute Gasteiger partial charge is 0.302 e. The number of nitrogens with zero attached hydrogens (tertiary/aromatic N) is 1. The molecule has 1 aromatic heterocycles. The van der Waals surface area contributed by atoms with E-state index in [1.54, 1.807) is 12.1 Å². The summed E-state index contributed by atoms with van der Waals surface area (Å²) in [6.45, 7) is 1.86. The number of esters is 1. The van der Waals surface area contributed by atoms with Crippen LogP contribution in [0.4, 0.5) is 5.69 Å². The third-order valence-electron chi connectivity index (χ3n) is 1.40. The SMILES string of the molecule is CC(=O)OCCOc1ccc(N)cn1. The molecule has 0 aliphatic rings. The zero-order valence-corrected chi connectivity index (χ0v) is 7.90. The van der Waals surface area contributed by atoms with E-state index in [1.807, 2.05) is 0 Å². The molecule has 76 valence electrons. The van der Waals surface area contributed by atoms with Gasteiger partial charge in [-0.3, -0.25) is 4.79 Å². The fraction of sp³-hybridized carbons (Fsp3) is 0.333. The maximum atomic E-state index is 10.4. The maximum absolute atomic E-state index is 10.4. The quantitative estimate of drug-likeness (QED) is 0.564. The summed E-state index contributed by atoms with van der Waals surface area (Å²) < 4.78 is 9.84. The van der Waals surface area contributed by atoms with Gasteiger partial charge in [-0.05, 0) is 6.07 Å². The molecule has 2 N–H and O–H groups in total. The number of nitrogen functional groups attached to an aromatic ring is 1. The number of carbonyl (C=O) groups excluding carboxylic acids is 1. The van der Waals surface area contributed by atoms with E-state index in [1.165, 1.54) is 13.1 Å². The van der Waals surface area contributed by atoms with E-state index in [9.17, 15) is 4.79 Å². The Labute approximate surface area is 81.8 Å². The van der Waals surface area contributed by atoms with Crippen LogP contribution in [0, 0.1) is 0 Å².